The predicted octanol–water partition coefficient (Wildman–Crippen LogP) is 3.88. The molecule has 0 aromatic heterocycles. The fourth-order valence-electron chi connectivity index (χ4n) is 2.03. The SMILES string of the molecule is CN(C)C(=O)c1cc(NC(=O)Cc2ccccc2Cl)ccc1Cl. The number of hydrogen-bond donors (Lipinski definition) is 1. The molecule has 4 nitrogen and oxygen atoms in total. The quantitative estimate of drug-likeness (QED) is 0.909. The zero-order chi connectivity index (χ0) is 17.0. The van der Waals surface area contributed by atoms with Gasteiger partial charge < -0.3 is 10.2 Å². The van der Waals surface area contributed by atoms with Gasteiger partial charge in [0.25, 0.3) is 5.91 Å². The van der Waals surface area contributed by atoms with Crippen LogP contribution in [-0.2, 0) is 11.2 Å². The number of halogens is 2. The maximum atomic E-state index is 12.1. The summed E-state index contributed by atoms with van der Waals surface area (Å²) in [6.07, 6.45) is 0.152. The summed E-state index contributed by atoms with van der Waals surface area (Å²) in [5.41, 5.74) is 1.59. The van der Waals surface area contributed by atoms with Crippen molar-refractivity contribution < 1.29 is 9.59 Å². The summed E-state index contributed by atoms with van der Waals surface area (Å²) in [6, 6.07) is 12.0. The highest BCUT2D eigenvalue weighted by Crippen LogP contribution is 2.22. The molecule has 1 N–H and O–H groups in total. The molecule has 2 rings (SSSR count). The van der Waals surface area contributed by atoms with Crippen molar-refractivity contribution in [3.63, 3.8) is 0 Å². The van der Waals surface area contributed by atoms with E-state index in [9.17, 15) is 9.59 Å². The van der Waals surface area contributed by atoms with E-state index in [4.69, 9.17) is 23.2 Å². The Hall–Kier alpha value is -2.04. The highest BCUT2D eigenvalue weighted by Gasteiger charge is 2.14. The van der Waals surface area contributed by atoms with Gasteiger partial charge in [-0.3, -0.25) is 9.59 Å². The molecule has 0 saturated heterocycles. The van der Waals surface area contributed by atoms with Gasteiger partial charge in [-0.25, -0.2) is 0 Å². The average Bonchev–Trinajstić information content (AvgIpc) is 2.50. The van der Waals surface area contributed by atoms with Crippen LogP contribution in [-0.4, -0.2) is 30.8 Å². The first-order valence-electron chi connectivity index (χ1n) is 6.93. The monoisotopic (exact) mass is 350 g/mol. The highest BCUT2D eigenvalue weighted by atomic mass is 35.5. The first-order valence-corrected chi connectivity index (χ1v) is 7.68. The van der Waals surface area contributed by atoms with Gasteiger partial charge in [-0.1, -0.05) is 41.4 Å². The van der Waals surface area contributed by atoms with Gasteiger partial charge in [0.1, 0.15) is 0 Å². The molecular formula is C17H16Cl2N2O2. The minimum Gasteiger partial charge on any atom is -0.345 e. The van der Waals surface area contributed by atoms with Crippen LogP contribution >= 0.6 is 23.2 Å². The zero-order valence-electron chi connectivity index (χ0n) is 12.8. The lowest BCUT2D eigenvalue weighted by Crippen LogP contribution is -2.22. The normalized spacial score (nSPS) is 10.3. The summed E-state index contributed by atoms with van der Waals surface area (Å²) in [7, 11) is 3.28. The van der Waals surface area contributed by atoms with E-state index >= 15 is 0 Å². The third-order valence-electron chi connectivity index (χ3n) is 3.20. The molecule has 0 heterocycles. The van der Waals surface area contributed by atoms with E-state index in [2.05, 4.69) is 5.32 Å². The number of carbonyl (C=O) groups excluding carboxylic acids is 2. The second-order valence-electron chi connectivity index (χ2n) is 5.21. The summed E-state index contributed by atoms with van der Waals surface area (Å²) >= 11 is 12.1. The fourth-order valence-corrected chi connectivity index (χ4v) is 2.43. The molecule has 6 heteroatoms. The van der Waals surface area contributed by atoms with Crippen LogP contribution in [0.2, 0.25) is 10.0 Å². The molecule has 0 radical (unpaired) electrons. The van der Waals surface area contributed by atoms with Crippen LogP contribution in [0.4, 0.5) is 5.69 Å². The van der Waals surface area contributed by atoms with E-state index in [0.717, 1.165) is 5.56 Å². The van der Waals surface area contributed by atoms with E-state index in [0.29, 0.717) is 21.3 Å². The first-order chi connectivity index (χ1) is 10.9. The van der Waals surface area contributed by atoms with Crippen molar-refractivity contribution in [1.82, 2.24) is 4.90 Å². The van der Waals surface area contributed by atoms with Crippen molar-refractivity contribution in [3.05, 3.63) is 63.6 Å². The number of amides is 2. The Balaban J connectivity index is 2.14. The van der Waals surface area contributed by atoms with E-state index in [-0.39, 0.29) is 18.2 Å². The smallest absolute Gasteiger partial charge is 0.254 e. The molecular weight excluding hydrogens is 335 g/mol. The van der Waals surface area contributed by atoms with Crippen LogP contribution in [0.25, 0.3) is 0 Å². The molecule has 2 amide bonds. The number of carbonyl (C=O) groups is 2. The Kier molecular flexibility index (Phi) is 5.64. The molecule has 0 unspecified atom stereocenters. The van der Waals surface area contributed by atoms with Crippen LogP contribution in [0.5, 0.6) is 0 Å². The van der Waals surface area contributed by atoms with E-state index in [1.165, 1.54) is 4.90 Å². The summed E-state index contributed by atoms with van der Waals surface area (Å²) in [5.74, 6) is -0.444. The van der Waals surface area contributed by atoms with Crippen molar-refractivity contribution >= 4 is 40.7 Å². The topological polar surface area (TPSA) is 49.4 Å². The summed E-state index contributed by atoms with van der Waals surface area (Å²) < 4.78 is 0. The molecule has 2 aromatic rings. The zero-order valence-corrected chi connectivity index (χ0v) is 14.3. The molecule has 0 bridgehead atoms. The average molecular weight is 351 g/mol. The van der Waals surface area contributed by atoms with Crippen molar-refractivity contribution in [2.45, 2.75) is 6.42 Å². The highest BCUT2D eigenvalue weighted by molar-refractivity contribution is 6.34. The van der Waals surface area contributed by atoms with Gasteiger partial charge in [-0.05, 0) is 29.8 Å². The van der Waals surface area contributed by atoms with Crippen LogP contribution < -0.4 is 5.32 Å². The minimum atomic E-state index is -0.225. The van der Waals surface area contributed by atoms with E-state index in [1.807, 2.05) is 12.1 Å². The maximum absolute atomic E-state index is 12.1. The maximum Gasteiger partial charge on any atom is 0.254 e. The number of nitrogens with zero attached hydrogens (tertiary/aromatic N) is 1. The number of hydrogen-bond acceptors (Lipinski definition) is 2. The van der Waals surface area contributed by atoms with E-state index in [1.54, 1.807) is 44.4 Å². The van der Waals surface area contributed by atoms with Crippen LogP contribution in [0.15, 0.2) is 42.5 Å². The summed E-state index contributed by atoms with van der Waals surface area (Å²) in [5, 5.41) is 3.64. The molecule has 0 aliphatic heterocycles. The Morgan fingerprint density at radius 1 is 1.04 bits per heavy atom. The lowest BCUT2D eigenvalue weighted by Gasteiger charge is -2.13. The van der Waals surface area contributed by atoms with Gasteiger partial charge in [0.15, 0.2) is 0 Å². The largest absolute Gasteiger partial charge is 0.345 e. The number of anilines is 1. The number of nitrogens with one attached hydrogen (secondary N) is 1. The minimum absolute atomic E-state index is 0.152. The van der Waals surface area contributed by atoms with Crippen LogP contribution in [0, 0.1) is 0 Å². The van der Waals surface area contributed by atoms with Gasteiger partial charge in [0, 0.05) is 24.8 Å². The Labute approximate surface area is 145 Å². The van der Waals surface area contributed by atoms with Gasteiger partial charge in [0.05, 0.1) is 17.0 Å². The molecule has 0 aliphatic carbocycles. The molecule has 23 heavy (non-hydrogen) atoms. The Morgan fingerprint density at radius 3 is 2.39 bits per heavy atom. The van der Waals surface area contributed by atoms with Crippen molar-refractivity contribution in [2.75, 3.05) is 19.4 Å². The van der Waals surface area contributed by atoms with Gasteiger partial charge >= 0.3 is 0 Å². The Bertz CT molecular complexity index is 745. The molecule has 0 atom stereocenters. The molecule has 120 valence electrons. The Morgan fingerprint density at radius 2 is 1.74 bits per heavy atom. The lowest BCUT2D eigenvalue weighted by atomic mass is 10.1. The third kappa shape index (κ3) is 4.47. The number of benzene rings is 2. The van der Waals surface area contributed by atoms with Gasteiger partial charge in [-0.15, -0.1) is 0 Å². The fraction of sp³-hybridized carbons (Fsp3) is 0.176. The van der Waals surface area contributed by atoms with Crippen molar-refractivity contribution in [1.29, 1.82) is 0 Å². The van der Waals surface area contributed by atoms with Gasteiger partial charge in [-0.2, -0.15) is 0 Å². The standard InChI is InChI=1S/C17H16Cl2N2O2/c1-21(2)17(23)13-10-12(7-8-15(13)19)20-16(22)9-11-5-3-4-6-14(11)18/h3-8,10H,9H2,1-2H3,(H,20,22). The van der Waals surface area contributed by atoms with Gasteiger partial charge in [0.2, 0.25) is 5.91 Å². The molecule has 0 aliphatic rings. The van der Waals surface area contributed by atoms with Crippen LogP contribution in [0.1, 0.15) is 15.9 Å². The first kappa shape index (κ1) is 17.3. The van der Waals surface area contributed by atoms with E-state index < -0.39 is 0 Å². The lowest BCUT2D eigenvalue weighted by molar-refractivity contribution is -0.115. The summed E-state index contributed by atoms with van der Waals surface area (Å²) in [4.78, 5) is 25.6. The van der Waals surface area contributed by atoms with Crippen molar-refractivity contribution in [2.24, 2.45) is 0 Å². The number of rotatable bonds is 4. The molecule has 2 aromatic carbocycles. The summed E-state index contributed by atoms with van der Waals surface area (Å²) in [6.45, 7) is 0. The van der Waals surface area contributed by atoms with Crippen molar-refractivity contribution in [3.8, 4) is 0 Å². The second kappa shape index (κ2) is 7.49. The predicted molar refractivity (Wildman–Crippen MR) is 93.3 cm³/mol. The molecule has 0 fully saturated rings. The van der Waals surface area contributed by atoms with Crippen LogP contribution in [0.3, 0.4) is 0 Å². The molecule has 0 saturated carbocycles. The third-order valence-corrected chi connectivity index (χ3v) is 3.89. The molecule has 0 spiro atoms. The second-order valence-corrected chi connectivity index (χ2v) is 6.02.